The summed E-state index contributed by atoms with van der Waals surface area (Å²) in [5.41, 5.74) is 5.31. The molecule has 2 aromatic rings. The van der Waals surface area contributed by atoms with Crippen LogP contribution in [0.3, 0.4) is 0 Å². The van der Waals surface area contributed by atoms with E-state index in [1.807, 2.05) is 60.7 Å². The van der Waals surface area contributed by atoms with Crippen LogP contribution in [0.2, 0.25) is 13.1 Å². The zero-order valence-corrected chi connectivity index (χ0v) is 23.5. The van der Waals surface area contributed by atoms with Gasteiger partial charge in [0.25, 0.3) is 0 Å². The maximum absolute atomic E-state index is 3.27. The van der Waals surface area contributed by atoms with Crippen molar-refractivity contribution in [3.63, 3.8) is 0 Å². The van der Waals surface area contributed by atoms with Crippen LogP contribution in [0.15, 0.2) is 97.1 Å². The molecule has 0 heterocycles. The molecule has 0 saturated carbocycles. The van der Waals surface area contributed by atoms with Crippen LogP contribution in [0.4, 0.5) is 0 Å². The Bertz CT molecular complexity index is 932. The van der Waals surface area contributed by atoms with Crippen molar-refractivity contribution in [1.82, 2.24) is 0 Å². The quantitative estimate of drug-likeness (QED) is 0.339. The van der Waals surface area contributed by atoms with Gasteiger partial charge in [0.05, 0.1) is 0 Å². The van der Waals surface area contributed by atoms with Gasteiger partial charge >= 0.3 is 41.9 Å². The van der Waals surface area contributed by atoms with Crippen LogP contribution in [0.25, 0.3) is 12.2 Å². The van der Waals surface area contributed by atoms with Crippen LogP contribution >= 0.6 is 0 Å². The molecule has 0 saturated heterocycles. The van der Waals surface area contributed by atoms with E-state index in [1.54, 1.807) is 23.3 Å². The Morgan fingerprint density at radius 3 is 1.38 bits per heavy atom. The normalized spacial score (nSPS) is 10.6. The summed E-state index contributed by atoms with van der Waals surface area (Å²) < 4.78 is 0. The van der Waals surface area contributed by atoms with Gasteiger partial charge in [-0.3, -0.25) is 0 Å². The predicted octanol–water partition coefficient (Wildman–Crippen LogP) is 1.15. The monoisotopic (exact) mass is 552 g/mol. The third kappa shape index (κ3) is 13.2. The predicted molar refractivity (Wildman–Crippen MR) is 129 cm³/mol. The van der Waals surface area contributed by atoms with Crippen LogP contribution in [0.1, 0.15) is 22.3 Å². The van der Waals surface area contributed by atoms with Crippen molar-refractivity contribution in [3.05, 3.63) is 131 Å². The van der Waals surface area contributed by atoms with E-state index in [9.17, 15) is 0 Å². The zero-order valence-electron chi connectivity index (χ0n) is 18.6. The minimum atomic E-state index is 0. The Morgan fingerprint density at radius 1 is 0.625 bits per heavy atom. The second-order valence-electron chi connectivity index (χ2n) is 6.96. The van der Waals surface area contributed by atoms with E-state index in [0.29, 0.717) is 0 Å². The van der Waals surface area contributed by atoms with Gasteiger partial charge in [0.1, 0.15) is 0 Å². The van der Waals surface area contributed by atoms with Gasteiger partial charge in [-0.1, -0.05) is 48.6 Å². The first-order valence-electron chi connectivity index (χ1n) is 10.2. The molecule has 0 radical (unpaired) electrons. The molecule has 2 aliphatic carbocycles. The van der Waals surface area contributed by atoms with Gasteiger partial charge in [-0.15, -0.1) is 47.5 Å². The Morgan fingerprint density at radius 2 is 0.969 bits per heavy atom. The van der Waals surface area contributed by atoms with E-state index in [-0.39, 0.29) is 30.2 Å². The van der Waals surface area contributed by atoms with Crippen molar-refractivity contribution >= 4 is 17.6 Å². The standard InChI is InChI=1S/2C13H11.C2H6Si.2ClH.Zr/c2*1-2-4-6-9-13-11-7-10-12(13)8-5-3-1;1-3-2;;;/h2*1-8,10H,11H2;1-2H3;2*1H;/q2*-1;;;;+2/p-2. The van der Waals surface area contributed by atoms with E-state index < -0.39 is 0 Å². The topological polar surface area (TPSA) is 0 Å². The summed E-state index contributed by atoms with van der Waals surface area (Å²) in [5, 5.41) is 0. The molecule has 2 aliphatic rings. The zero-order chi connectivity index (χ0) is 21.4. The maximum Gasteiger partial charge on any atom is -0.0327 e. The van der Waals surface area contributed by atoms with Gasteiger partial charge in [0.15, 0.2) is 0 Å². The third-order valence-corrected chi connectivity index (χ3v) is 4.08. The van der Waals surface area contributed by atoms with E-state index >= 15 is 0 Å². The first kappa shape index (κ1) is 30.6. The SMILES string of the molecule is C[Si](C)=[Zr+2].[Cl-].[Cl-].[c-]1cccccccc2c1CC=C2.[c-]1cccccccc2c1CC=C2. The first-order chi connectivity index (χ1) is 14.7. The van der Waals surface area contributed by atoms with Gasteiger partial charge in [0, 0.05) is 0 Å². The Kier molecular flexibility index (Phi) is 18.2. The number of hydrogen-bond donors (Lipinski definition) is 0. The number of hydrogen-bond acceptors (Lipinski definition) is 0. The van der Waals surface area contributed by atoms with Crippen LogP contribution in [0, 0.1) is 12.1 Å². The number of fused-ring (bicyclic) bond motifs is 2. The summed E-state index contributed by atoms with van der Waals surface area (Å²) in [5.74, 6) is 0. The van der Waals surface area contributed by atoms with Crippen molar-refractivity contribution in [2.75, 3.05) is 0 Å². The molecule has 0 bridgehead atoms. The van der Waals surface area contributed by atoms with E-state index in [2.05, 4.69) is 73.8 Å². The minimum Gasteiger partial charge on any atom is -1.00 e. The van der Waals surface area contributed by atoms with Gasteiger partial charge in [-0.25, -0.2) is 0 Å². The molecule has 0 atom stereocenters. The van der Waals surface area contributed by atoms with E-state index in [4.69, 9.17) is 0 Å². The third-order valence-electron chi connectivity index (χ3n) is 4.08. The second-order valence-corrected chi connectivity index (χ2v) is 16.3. The summed E-state index contributed by atoms with van der Waals surface area (Å²) in [7, 11) is 0. The molecule has 0 aliphatic heterocycles. The molecular weight excluding hydrogens is 527 g/mol. The summed E-state index contributed by atoms with van der Waals surface area (Å²) in [6.07, 6.45) is 10.6. The summed E-state index contributed by atoms with van der Waals surface area (Å²) >= 11 is 1.74. The fourth-order valence-corrected chi connectivity index (χ4v) is 2.75. The molecule has 32 heavy (non-hydrogen) atoms. The smallest absolute Gasteiger partial charge is 0.0327 e. The van der Waals surface area contributed by atoms with Crippen molar-refractivity contribution in [1.29, 1.82) is 0 Å². The van der Waals surface area contributed by atoms with Crippen molar-refractivity contribution in [2.45, 2.75) is 25.9 Å². The number of allylic oxidation sites excluding steroid dienone is 2. The molecule has 0 fully saturated rings. The maximum atomic E-state index is 3.27. The molecule has 0 amide bonds. The van der Waals surface area contributed by atoms with E-state index in [1.165, 1.54) is 22.3 Å². The van der Waals surface area contributed by atoms with Gasteiger partial charge in [-0.2, -0.15) is 47.5 Å². The molecule has 164 valence electrons. The van der Waals surface area contributed by atoms with Gasteiger partial charge < -0.3 is 24.8 Å². The average Bonchev–Trinajstić information content (AvgIpc) is 3.37. The fourth-order valence-electron chi connectivity index (χ4n) is 2.75. The first-order valence-corrected chi connectivity index (χ1v) is 16.4. The molecule has 0 N–H and O–H groups in total. The molecule has 0 aromatic heterocycles. The van der Waals surface area contributed by atoms with E-state index in [0.717, 1.165) is 12.8 Å². The molecule has 0 spiro atoms. The molecule has 4 heteroatoms. The average molecular weight is 555 g/mol. The van der Waals surface area contributed by atoms with Crippen molar-refractivity contribution < 1.29 is 48.1 Å². The summed E-state index contributed by atoms with van der Waals surface area (Å²) in [6, 6.07) is 34.9. The van der Waals surface area contributed by atoms with Crippen LogP contribution in [-0.2, 0) is 36.2 Å². The number of halogens is 2. The minimum absolute atomic E-state index is 0. The molecule has 0 unspecified atom stereocenters. The fraction of sp³-hybridized carbons (Fsp3) is 0.143. The summed E-state index contributed by atoms with van der Waals surface area (Å²) in [6.45, 7) is 4.62. The molecule has 4 rings (SSSR count). The Balaban J connectivity index is 0.000000490. The van der Waals surface area contributed by atoms with Crippen LogP contribution in [0.5, 0.6) is 0 Å². The Hall–Kier alpha value is -1.44. The van der Waals surface area contributed by atoms with Gasteiger partial charge in [0.2, 0.25) is 0 Å². The van der Waals surface area contributed by atoms with Gasteiger partial charge in [-0.05, 0) is 12.8 Å². The molecular formula is C28H28Cl2SiZr-2. The second kappa shape index (κ2) is 19.1. The van der Waals surface area contributed by atoms with Crippen LogP contribution in [-0.4, -0.2) is 5.43 Å². The number of rotatable bonds is 0. The van der Waals surface area contributed by atoms with Crippen LogP contribution < -0.4 is 24.8 Å². The molecule has 2 aromatic carbocycles. The molecule has 0 nitrogen and oxygen atoms in total. The van der Waals surface area contributed by atoms with Crippen molar-refractivity contribution in [3.8, 4) is 0 Å². The Labute approximate surface area is 221 Å². The summed E-state index contributed by atoms with van der Waals surface area (Å²) in [4.78, 5) is 0. The largest absolute Gasteiger partial charge is 1.00 e. The van der Waals surface area contributed by atoms with Crippen molar-refractivity contribution in [2.24, 2.45) is 0 Å².